The van der Waals surface area contributed by atoms with E-state index in [1.165, 1.54) is 12.5 Å². The first-order valence-electron chi connectivity index (χ1n) is 4.63. The average molecular weight is 174 g/mol. The molecule has 0 aromatic rings. The lowest BCUT2D eigenvalue weighted by Crippen LogP contribution is -2.41. The van der Waals surface area contributed by atoms with Crippen molar-refractivity contribution in [2.75, 3.05) is 6.61 Å². The van der Waals surface area contributed by atoms with E-state index in [1.807, 2.05) is 0 Å². The smallest absolute Gasteiger partial charge is 0.141 e. The molecule has 1 aliphatic rings. The summed E-state index contributed by atoms with van der Waals surface area (Å²) in [6.07, 6.45) is 4.35. The van der Waals surface area contributed by atoms with Gasteiger partial charge in [-0.1, -0.05) is 19.4 Å². The van der Waals surface area contributed by atoms with Gasteiger partial charge < -0.3 is 9.84 Å². The highest BCUT2D eigenvalue weighted by Gasteiger charge is 2.29. The summed E-state index contributed by atoms with van der Waals surface area (Å²) in [4.78, 5) is 0. The Kier molecular flexibility index (Phi) is 3.55. The second kappa shape index (κ2) is 4.23. The van der Waals surface area contributed by atoms with Gasteiger partial charge in [0.2, 0.25) is 0 Å². The van der Waals surface area contributed by atoms with Crippen molar-refractivity contribution in [1.29, 1.82) is 0 Å². The fraction of sp³-hybridized carbons (Fsp3) is 1.00. The third kappa shape index (κ3) is 2.93. The van der Waals surface area contributed by atoms with E-state index >= 15 is 0 Å². The summed E-state index contributed by atoms with van der Waals surface area (Å²) >= 11 is 0. The van der Waals surface area contributed by atoms with Crippen molar-refractivity contribution < 1.29 is 9.84 Å². The molecule has 1 unspecified atom stereocenters. The molecule has 1 heterocycles. The van der Waals surface area contributed by atoms with Crippen LogP contribution in [0.1, 0.15) is 32.6 Å². The lowest BCUT2D eigenvalue weighted by Gasteiger charge is -2.32. The molecule has 2 nitrogen and oxygen atoms in total. The van der Waals surface area contributed by atoms with Crippen LogP contribution in [-0.2, 0) is 4.74 Å². The standard InChI is InChI=1S/C8H18O2Si/c1-2-7-11-8(9)5-3-4-6-10-8/h9H,2-7,11H2,1H3. The van der Waals surface area contributed by atoms with E-state index in [0.717, 1.165) is 25.9 Å². The van der Waals surface area contributed by atoms with E-state index in [4.69, 9.17) is 4.74 Å². The van der Waals surface area contributed by atoms with Crippen LogP contribution in [0.25, 0.3) is 0 Å². The van der Waals surface area contributed by atoms with Gasteiger partial charge in [-0.15, -0.1) is 0 Å². The van der Waals surface area contributed by atoms with Gasteiger partial charge in [-0.2, -0.15) is 0 Å². The van der Waals surface area contributed by atoms with Crippen LogP contribution in [0.3, 0.4) is 0 Å². The van der Waals surface area contributed by atoms with Crippen molar-refractivity contribution >= 4 is 9.52 Å². The predicted molar refractivity (Wildman–Crippen MR) is 48.4 cm³/mol. The summed E-state index contributed by atoms with van der Waals surface area (Å²) in [6.45, 7) is 2.94. The summed E-state index contributed by atoms with van der Waals surface area (Å²) in [5, 5.41) is 9.84. The van der Waals surface area contributed by atoms with Crippen LogP contribution >= 0.6 is 0 Å². The summed E-state index contributed by atoms with van der Waals surface area (Å²) in [7, 11) is -0.398. The topological polar surface area (TPSA) is 29.5 Å². The summed E-state index contributed by atoms with van der Waals surface area (Å²) in [5.74, 6) is 0. The molecule has 1 aliphatic heterocycles. The predicted octanol–water partition coefficient (Wildman–Crippen LogP) is 0.830. The minimum absolute atomic E-state index is 0.398. The zero-order valence-corrected chi connectivity index (χ0v) is 8.72. The van der Waals surface area contributed by atoms with Crippen LogP contribution in [0.5, 0.6) is 0 Å². The van der Waals surface area contributed by atoms with Crippen molar-refractivity contribution in [1.82, 2.24) is 0 Å². The Morgan fingerprint density at radius 3 is 2.91 bits per heavy atom. The highest BCUT2D eigenvalue weighted by atomic mass is 28.2. The van der Waals surface area contributed by atoms with Gasteiger partial charge >= 0.3 is 0 Å². The number of hydrogen-bond acceptors (Lipinski definition) is 2. The van der Waals surface area contributed by atoms with E-state index in [9.17, 15) is 5.11 Å². The molecule has 66 valence electrons. The Hall–Kier alpha value is 0.137. The molecule has 1 atom stereocenters. The van der Waals surface area contributed by atoms with E-state index < -0.39 is 14.9 Å². The van der Waals surface area contributed by atoms with Crippen LogP contribution in [0.2, 0.25) is 6.04 Å². The Morgan fingerprint density at radius 1 is 1.55 bits per heavy atom. The summed E-state index contributed by atoms with van der Waals surface area (Å²) in [6, 6.07) is 1.20. The van der Waals surface area contributed by atoms with Gasteiger partial charge in [0.05, 0.1) is 9.52 Å². The van der Waals surface area contributed by atoms with E-state index in [1.54, 1.807) is 0 Å². The Morgan fingerprint density at radius 2 is 2.36 bits per heavy atom. The molecule has 1 saturated heterocycles. The van der Waals surface area contributed by atoms with Gasteiger partial charge in [0.1, 0.15) is 5.41 Å². The number of rotatable bonds is 3. The van der Waals surface area contributed by atoms with Crippen molar-refractivity contribution in [2.24, 2.45) is 0 Å². The molecule has 3 heteroatoms. The maximum absolute atomic E-state index is 9.84. The van der Waals surface area contributed by atoms with Crippen LogP contribution in [0, 0.1) is 0 Å². The van der Waals surface area contributed by atoms with Gasteiger partial charge in [-0.3, -0.25) is 0 Å². The number of aliphatic hydroxyl groups is 1. The van der Waals surface area contributed by atoms with Gasteiger partial charge in [0.25, 0.3) is 0 Å². The second-order valence-corrected chi connectivity index (χ2v) is 5.67. The molecule has 0 aliphatic carbocycles. The zero-order chi connectivity index (χ0) is 8.16. The van der Waals surface area contributed by atoms with Crippen molar-refractivity contribution in [3.63, 3.8) is 0 Å². The first-order chi connectivity index (χ1) is 5.27. The minimum Gasteiger partial charge on any atom is -0.370 e. The SMILES string of the molecule is CCC[SiH2]C1(O)CCCCO1. The molecule has 1 N–H and O–H groups in total. The third-order valence-corrected chi connectivity index (χ3v) is 4.65. The number of hydrogen-bond donors (Lipinski definition) is 1. The van der Waals surface area contributed by atoms with E-state index in [-0.39, 0.29) is 0 Å². The number of ether oxygens (including phenoxy) is 1. The first-order valence-corrected chi connectivity index (χ1v) is 6.34. The van der Waals surface area contributed by atoms with E-state index in [0.29, 0.717) is 0 Å². The molecular formula is C8H18O2Si. The van der Waals surface area contributed by atoms with Gasteiger partial charge in [-0.25, -0.2) is 0 Å². The maximum Gasteiger partial charge on any atom is 0.141 e. The largest absolute Gasteiger partial charge is 0.370 e. The summed E-state index contributed by atoms with van der Waals surface area (Å²) in [5.41, 5.74) is -0.631. The second-order valence-electron chi connectivity index (χ2n) is 3.36. The Labute approximate surface area is 70.8 Å². The van der Waals surface area contributed by atoms with Crippen molar-refractivity contribution in [2.45, 2.75) is 44.1 Å². The quantitative estimate of drug-likeness (QED) is 0.642. The Balaban J connectivity index is 2.25. The maximum atomic E-state index is 9.84. The lowest BCUT2D eigenvalue weighted by atomic mass is 10.2. The molecular weight excluding hydrogens is 156 g/mol. The highest BCUT2D eigenvalue weighted by molar-refractivity contribution is 6.38. The van der Waals surface area contributed by atoms with Crippen LogP contribution in [0.15, 0.2) is 0 Å². The first kappa shape index (κ1) is 9.23. The monoisotopic (exact) mass is 174 g/mol. The van der Waals surface area contributed by atoms with Crippen molar-refractivity contribution in [3.8, 4) is 0 Å². The summed E-state index contributed by atoms with van der Waals surface area (Å²) < 4.78 is 5.38. The molecule has 1 fully saturated rings. The van der Waals surface area contributed by atoms with Gasteiger partial charge in [0.15, 0.2) is 0 Å². The van der Waals surface area contributed by atoms with Crippen LogP contribution in [0.4, 0.5) is 0 Å². The van der Waals surface area contributed by atoms with E-state index in [2.05, 4.69) is 6.92 Å². The zero-order valence-electron chi connectivity index (χ0n) is 7.31. The van der Waals surface area contributed by atoms with Crippen LogP contribution in [-0.4, -0.2) is 26.6 Å². The normalized spacial score (nSPS) is 33.3. The third-order valence-electron chi connectivity index (χ3n) is 2.25. The lowest BCUT2D eigenvalue weighted by molar-refractivity contribution is -0.164. The molecule has 0 bridgehead atoms. The van der Waals surface area contributed by atoms with Crippen LogP contribution < -0.4 is 0 Å². The molecule has 0 radical (unpaired) electrons. The fourth-order valence-corrected chi connectivity index (χ4v) is 3.18. The molecule has 0 saturated carbocycles. The molecule has 0 aromatic carbocycles. The van der Waals surface area contributed by atoms with Gasteiger partial charge in [-0.05, 0) is 19.3 Å². The molecule has 0 aromatic heterocycles. The average Bonchev–Trinajstić information content (AvgIpc) is 2.03. The molecule has 1 rings (SSSR count). The van der Waals surface area contributed by atoms with Crippen molar-refractivity contribution in [3.05, 3.63) is 0 Å². The van der Waals surface area contributed by atoms with Gasteiger partial charge in [0, 0.05) is 6.61 Å². The minimum atomic E-state index is -0.631. The fourth-order valence-electron chi connectivity index (χ4n) is 1.49. The Bertz CT molecular complexity index is 111. The molecule has 11 heavy (non-hydrogen) atoms. The molecule has 0 spiro atoms. The molecule has 0 amide bonds. The highest BCUT2D eigenvalue weighted by Crippen LogP contribution is 2.21.